The van der Waals surface area contributed by atoms with Crippen molar-refractivity contribution >= 4 is 11.9 Å². The Morgan fingerprint density at radius 2 is 1.65 bits per heavy atom. The highest BCUT2D eigenvalue weighted by Gasteiger charge is 2.39. The maximum atomic E-state index is 13.1. The van der Waals surface area contributed by atoms with E-state index in [0.29, 0.717) is 51.4 Å². The Labute approximate surface area is 205 Å². The summed E-state index contributed by atoms with van der Waals surface area (Å²) in [5, 5.41) is 5.06. The number of ether oxygens (including phenoxy) is 2. The van der Waals surface area contributed by atoms with Crippen molar-refractivity contribution in [1.82, 2.24) is 25.1 Å². The molecule has 2 aliphatic heterocycles. The molecular weight excluding hydrogens is 514 g/mol. The van der Waals surface area contributed by atoms with E-state index in [-0.39, 0.29) is 24.9 Å². The summed E-state index contributed by atoms with van der Waals surface area (Å²) in [5.74, 6) is -0.738. The summed E-state index contributed by atoms with van der Waals surface area (Å²) in [7, 11) is 0. The van der Waals surface area contributed by atoms with Crippen LogP contribution in [0.5, 0.6) is 5.75 Å². The number of hydrogen-bond donors (Lipinski definition) is 1. The van der Waals surface area contributed by atoms with Crippen LogP contribution in [0.3, 0.4) is 0 Å². The van der Waals surface area contributed by atoms with Crippen LogP contribution in [0.2, 0.25) is 0 Å². The van der Waals surface area contributed by atoms with Gasteiger partial charge in [0.05, 0.1) is 30.4 Å². The van der Waals surface area contributed by atoms with E-state index in [2.05, 4.69) is 15.1 Å². The van der Waals surface area contributed by atoms with Gasteiger partial charge in [0.1, 0.15) is 6.61 Å². The van der Waals surface area contributed by atoms with E-state index in [9.17, 15) is 35.9 Å². The molecule has 2 fully saturated rings. The number of piperazine rings is 1. The Morgan fingerprint density at radius 1 is 1.00 bits per heavy atom. The molecule has 0 aromatic carbocycles. The maximum absolute atomic E-state index is 13.1. The molecule has 10 nitrogen and oxygen atoms in total. The lowest BCUT2D eigenvalue weighted by atomic mass is 10.1. The van der Waals surface area contributed by atoms with E-state index in [1.807, 2.05) is 0 Å². The number of anilines is 1. The molecule has 2 saturated heterocycles. The summed E-state index contributed by atoms with van der Waals surface area (Å²) >= 11 is 0. The van der Waals surface area contributed by atoms with Crippen molar-refractivity contribution in [2.24, 2.45) is 0 Å². The zero-order valence-corrected chi connectivity index (χ0v) is 19.2. The van der Waals surface area contributed by atoms with Crippen molar-refractivity contribution in [1.29, 1.82) is 0 Å². The Bertz CT molecular complexity index is 1150. The number of H-pyrrole nitrogens is 1. The summed E-state index contributed by atoms with van der Waals surface area (Å²) in [4.78, 5) is 35.0. The number of carbonyl (C=O) groups excluding carboxylic acids is 1. The Hall–Kier alpha value is -3.43. The fourth-order valence-electron chi connectivity index (χ4n) is 4.11. The highest BCUT2D eigenvalue weighted by Crippen LogP contribution is 2.33. The van der Waals surface area contributed by atoms with Crippen molar-refractivity contribution < 1.29 is 40.6 Å². The number of nitrogens with one attached hydrogen (secondary N) is 1. The Kier molecular flexibility index (Phi) is 7.57. The fraction of sp³-hybridized carbons (Fsp3) is 0.571. The third-order valence-corrected chi connectivity index (χ3v) is 6.01. The lowest BCUT2D eigenvalue weighted by Crippen LogP contribution is -2.49. The van der Waals surface area contributed by atoms with Gasteiger partial charge in [0, 0.05) is 38.6 Å². The second-order valence-electron chi connectivity index (χ2n) is 8.55. The topological polar surface area (TPSA) is 114 Å². The number of aromatic amines is 1. The number of rotatable bonds is 6. The van der Waals surface area contributed by atoms with Gasteiger partial charge in [-0.1, -0.05) is 0 Å². The quantitative estimate of drug-likeness (QED) is 0.560. The van der Waals surface area contributed by atoms with Crippen LogP contribution in [0, 0.1) is 0 Å². The van der Waals surface area contributed by atoms with Crippen molar-refractivity contribution in [3.63, 3.8) is 0 Å². The predicted octanol–water partition coefficient (Wildman–Crippen LogP) is 2.26. The molecule has 0 spiro atoms. The standard InChI is InChI=1S/C21H22F6N6O4/c22-20(23,24)12-8-28-19(29-9-12)33-5-3-32(4-6-33)16(34)7-13-1-2-14(37-13)11-36-15-10-30-31-18(35)17(15)21(25,26)27/h8-10,13-14H,1-7,11H2,(H,31,35)/t13?,14-/m0/s1. The Balaban J connectivity index is 1.23. The molecular formula is C21H22F6N6O4. The SMILES string of the molecule is O=C(CC1CC[C@@H](COc2cn[nH]c(=O)c2C(F)(F)F)O1)N1CCN(c2ncc(C(F)(F)F)cn2)CC1. The minimum Gasteiger partial charge on any atom is -0.488 e. The minimum atomic E-state index is -4.92. The summed E-state index contributed by atoms with van der Waals surface area (Å²) in [6.07, 6.45) is -7.23. The van der Waals surface area contributed by atoms with Crippen molar-refractivity contribution in [2.75, 3.05) is 37.7 Å². The van der Waals surface area contributed by atoms with Crippen LogP contribution in [0.15, 0.2) is 23.4 Å². The number of nitrogens with zero attached hydrogens (tertiary/aromatic N) is 5. The molecule has 1 unspecified atom stereocenters. The highest BCUT2D eigenvalue weighted by atomic mass is 19.4. The van der Waals surface area contributed by atoms with Gasteiger partial charge in [-0.05, 0) is 12.8 Å². The van der Waals surface area contributed by atoms with Crippen LogP contribution >= 0.6 is 0 Å². The van der Waals surface area contributed by atoms with Gasteiger partial charge in [-0.3, -0.25) is 9.59 Å². The molecule has 0 radical (unpaired) electrons. The fourth-order valence-corrected chi connectivity index (χ4v) is 4.11. The van der Waals surface area contributed by atoms with Gasteiger partial charge in [0.25, 0.3) is 5.56 Å². The van der Waals surface area contributed by atoms with Crippen molar-refractivity contribution in [3.8, 4) is 5.75 Å². The van der Waals surface area contributed by atoms with Crippen LogP contribution in [-0.4, -0.2) is 76.0 Å². The lowest BCUT2D eigenvalue weighted by molar-refractivity contribution is -0.141. The van der Waals surface area contributed by atoms with Crippen molar-refractivity contribution in [2.45, 2.75) is 43.8 Å². The summed E-state index contributed by atoms with van der Waals surface area (Å²) in [6.45, 7) is 1.07. The normalized spacial score (nSPS) is 20.8. The molecule has 2 aromatic heterocycles. The zero-order chi connectivity index (χ0) is 26.8. The molecule has 0 bridgehead atoms. The molecule has 202 valence electrons. The number of hydrogen-bond acceptors (Lipinski definition) is 8. The van der Waals surface area contributed by atoms with E-state index in [0.717, 1.165) is 6.20 Å². The zero-order valence-electron chi connectivity index (χ0n) is 19.2. The molecule has 0 saturated carbocycles. The molecule has 4 heterocycles. The molecule has 4 rings (SSSR count). The monoisotopic (exact) mass is 536 g/mol. The van der Waals surface area contributed by atoms with Crippen LogP contribution in [-0.2, 0) is 21.9 Å². The van der Waals surface area contributed by atoms with E-state index >= 15 is 0 Å². The first-order chi connectivity index (χ1) is 17.4. The first-order valence-electron chi connectivity index (χ1n) is 11.3. The van der Waals surface area contributed by atoms with E-state index in [4.69, 9.17) is 9.47 Å². The molecule has 1 amide bonds. The van der Waals surface area contributed by atoms with Gasteiger partial charge in [-0.2, -0.15) is 31.4 Å². The smallest absolute Gasteiger partial charge is 0.425 e. The number of amides is 1. The van der Waals surface area contributed by atoms with Crippen molar-refractivity contribution in [3.05, 3.63) is 40.1 Å². The van der Waals surface area contributed by atoms with Gasteiger partial charge < -0.3 is 19.3 Å². The molecule has 37 heavy (non-hydrogen) atoms. The molecule has 2 aromatic rings. The second kappa shape index (κ2) is 10.5. The lowest BCUT2D eigenvalue weighted by Gasteiger charge is -2.35. The second-order valence-corrected chi connectivity index (χ2v) is 8.55. The van der Waals surface area contributed by atoms with Gasteiger partial charge in [-0.25, -0.2) is 15.1 Å². The molecule has 0 aliphatic carbocycles. The van der Waals surface area contributed by atoms with Crippen LogP contribution in [0.1, 0.15) is 30.4 Å². The summed E-state index contributed by atoms with van der Waals surface area (Å²) in [5.41, 5.74) is -3.83. The van der Waals surface area contributed by atoms with Gasteiger partial charge in [0.15, 0.2) is 11.3 Å². The number of halogens is 6. The third kappa shape index (κ3) is 6.47. The number of alkyl halides is 6. The first kappa shape index (κ1) is 26.6. The molecule has 2 aliphatic rings. The van der Waals surface area contributed by atoms with Crippen LogP contribution < -0.4 is 15.2 Å². The molecule has 16 heteroatoms. The third-order valence-electron chi connectivity index (χ3n) is 6.01. The van der Waals surface area contributed by atoms with Crippen LogP contribution in [0.25, 0.3) is 0 Å². The average molecular weight is 536 g/mol. The van der Waals surface area contributed by atoms with Gasteiger partial charge in [-0.15, -0.1) is 0 Å². The maximum Gasteiger partial charge on any atom is 0.425 e. The molecule has 1 N–H and O–H groups in total. The highest BCUT2D eigenvalue weighted by molar-refractivity contribution is 5.77. The average Bonchev–Trinajstić information content (AvgIpc) is 3.28. The Morgan fingerprint density at radius 3 is 2.27 bits per heavy atom. The van der Waals surface area contributed by atoms with E-state index in [1.165, 1.54) is 0 Å². The van der Waals surface area contributed by atoms with E-state index < -0.39 is 47.0 Å². The minimum absolute atomic E-state index is 0.0631. The summed E-state index contributed by atoms with van der Waals surface area (Å²) in [6, 6.07) is 0. The predicted molar refractivity (Wildman–Crippen MR) is 114 cm³/mol. The van der Waals surface area contributed by atoms with Gasteiger partial charge >= 0.3 is 12.4 Å². The van der Waals surface area contributed by atoms with Crippen LogP contribution in [0.4, 0.5) is 32.3 Å². The summed E-state index contributed by atoms with van der Waals surface area (Å²) < 4.78 is 88.3. The van der Waals surface area contributed by atoms with Gasteiger partial charge in [0.2, 0.25) is 11.9 Å². The molecule has 2 atom stereocenters. The van der Waals surface area contributed by atoms with E-state index in [1.54, 1.807) is 14.9 Å². The number of carbonyl (C=O) groups is 1. The first-order valence-corrected chi connectivity index (χ1v) is 11.3. The largest absolute Gasteiger partial charge is 0.488 e. The number of aromatic nitrogens is 4.